The van der Waals surface area contributed by atoms with E-state index in [0.717, 1.165) is 38.0 Å². The molecule has 0 radical (unpaired) electrons. The van der Waals surface area contributed by atoms with Crippen LogP contribution in [0.4, 0.5) is 0 Å². The molecule has 0 saturated carbocycles. The molecule has 5 heteroatoms. The molecule has 1 aromatic rings. The first-order valence-corrected chi connectivity index (χ1v) is 7.41. The van der Waals surface area contributed by atoms with Gasteiger partial charge < -0.3 is 15.1 Å². The molecule has 2 rings (SSSR count). The van der Waals surface area contributed by atoms with Gasteiger partial charge in [-0.25, -0.2) is 4.79 Å². The normalized spacial score (nSPS) is 20.4. The van der Waals surface area contributed by atoms with Gasteiger partial charge in [0.25, 0.3) is 0 Å². The fourth-order valence-corrected chi connectivity index (χ4v) is 2.92. The van der Waals surface area contributed by atoms with Crippen LogP contribution in [0.1, 0.15) is 35.2 Å². The van der Waals surface area contributed by atoms with Gasteiger partial charge in [0.15, 0.2) is 0 Å². The number of rotatable bonds is 4. The number of nitrogens with zero attached hydrogens (tertiary/aromatic N) is 2. The van der Waals surface area contributed by atoms with E-state index in [2.05, 4.69) is 23.9 Å². The Morgan fingerprint density at radius 3 is 2.76 bits per heavy atom. The predicted octanol–water partition coefficient (Wildman–Crippen LogP) is 2.01. The molecule has 5 nitrogen and oxygen atoms in total. The van der Waals surface area contributed by atoms with Crippen LogP contribution in [-0.4, -0.2) is 59.2 Å². The summed E-state index contributed by atoms with van der Waals surface area (Å²) in [7, 11) is 4.25. The number of benzene rings is 1. The topological polar surface area (TPSA) is 64.0 Å². The molecule has 116 valence electrons. The van der Waals surface area contributed by atoms with Crippen molar-refractivity contribution in [2.24, 2.45) is 0 Å². The lowest BCUT2D eigenvalue weighted by Crippen LogP contribution is -2.30. The molecule has 21 heavy (non-hydrogen) atoms. The van der Waals surface area contributed by atoms with E-state index in [1.165, 1.54) is 12.5 Å². The maximum atomic E-state index is 11.1. The van der Waals surface area contributed by atoms with Gasteiger partial charge in [0.1, 0.15) is 11.3 Å². The molecule has 1 heterocycles. The van der Waals surface area contributed by atoms with Crippen molar-refractivity contribution < 1.29 is 15.0 Å². The van der Waals surface area contributed by atoms with Crippen LogP contribution < -0.4 is 0 Å². The molecule has 1 aliphatic rings. The van der Waals surface area contributed by atoms with Crippen molar-refractivity contribution in [2.45, 2.75) is 31.8 Å². The second-order valence-electron chi connectivity index (χ2n) is 5.98. The monoisotopic (exact) mass is 292 g/mol. The highest BCUT2D eigenvalue weighted by molar-refractivity contribution is 5.90. The van der Waals surface area contributed by atoms with Crippen molar-refractivity contribution in [1.82, 2.24) is 9.80 Å². The molecule has 1 atom stereocenters. The number of aromatic hydroxyl groups is 1. The standard InChI is InChI=1S/C16H24N2O3/c1-17(2)13-4-3-8-18(9-7-13)11-12-5-6-15(19)14(10-12)16(20)21/h5-6,10,13,19H,3-4,7-9,11H2,1-2H3,(H,20,21). The third-order valence-corrected chi connectivity index (χ3v) is 4.22. The molecule has 2 N–H and O–H groups in total. The van der Waals surface area contributed by atoms with Gasteiger partial charge in [0, 0.05) is 12.6 Å². The number of hydrogen-bond donors (Lipinski definition) is 2. The molecule has 0 bridgehead atoms. The van der Waals surface area contributed by atoms with E-state index < -0.39 is 5.97 Å². The lowest BCUT2D eigenvalue weighted by molar-refractivity contribution is 0.0693. The second-order valence-corrected chi connectivity index (χ2v) is 5.98. The number of hydrogen-bond acceptors (Lipinski definition) is 4. The molecule has 1 saturated heterocycles. The van der Waals surface area contributed by atoms with Crippen molar-refractivity contribution in [3.63, 3.8) is 0 Å². The summed E-state index contributed by atoms with van der Waals surface area (Å²) in [5.74, 6) is -1.26. The average molecular weight is 292 g/mol. The molecule has 0 spiro atoms. The van der Waals surface area contributed by atoms with Gasteiger partial charge in [0.2, 0.25) is 0 Å². The Morgan fingerprint density at radius 2 is 2.10 bits per heavy atom. The number of carboxylic acid groups (broad SMARTS) is 1. The van der Waals surface area contributed by atoms with Crippen LogP contribution in [0, 0.1) is 0 Å². The van der Waals surface area contributed by atoms with Crippen LogP contribution in [0.3, 0.4) is 0 Å². The van der Waals surface area contributed by atoms with E-state index in [4.69, 9.17) is 5.11 Å². The quantitative estimate of drug-likeness (QED) is 0.889. The molecule has 0 aliphatic carbocycles. The van der Waals surface area contributed by atoms with Crippen LogP contribution in [0.15, 0.2) is 18.2 Å². The summed E-state index contributed by atoms with van der Waals surface area (Å²) in [5.41, 5.74) is 0.919. The molecular formula is C16H24N2O3. The fraction of sp³-hybridized carbons (Fsp3) is 0.562. The molecule has 0 aromatic heterocycles. The van der Waals surface area contributed by atoms with Crippen LogP contribution in [0.25, 0.3) is 0 Å². The van der Waals surface area contributed by atoms with Crippen LogP contribution in [0.2, 0.25) is 0 Å². The Balaban J connectivity index is 2.01. The summed E-state index contributed by atoms with van der Waals surface area (Å²) in [6.07, 6.45) is 3.50. The van der Waals surface area contributed by atoms with Crippen molar-refractivity contribution in [3.05, 3.63) is 29.3 Å². The van der Waals surface area contributed by atoms with Gasteiger partial charge in [-0.2, -0.15) is 0 Å². The molecule has 1 fully saturated rings. The van der Waals surface area contributed by atoms with Crippen molar-refractivity contribution in [1.29, 1.82) is 0 Å². The third-order valence-electron chi connectivity index (χ3n) is 4.22. The number of carboxylic acids is 1. The Hall–Kier alpha value is -1.59. The van der Waals surface area contributed by atoms with Gasteiger partial charge in [0.05, 0.1) is 0 Å². The van der Waals surface area contributed by atoms with Gasteiger partial charge in [-0.15, -0.1) is 0 Å². The summed E-state index contributed by atoms with van der Waals surface area (Å²) in [4.78, 5) is 15.7. The minimum absolute atomic E-state index is 0.0199. The second kappa shape index (κ2) is 6.91. The van der Waals surface area contributed by atoms with E-state index in [1.54, 1.807) is 12.1 Å². The van der Waals surface area contributed by atoms with Crippen molar-refractivity contribution in [2.75, 3.05) is 27.2 Å². The predicted molar refractivity (Wildman–Crippen MR) is 81.7 cm³/mol. The first kappa shape index (κ1) is 15.8. The van der Waals surface area contributed by atoms with Crippen LogP contribution in [0.5, 0.6) is 5.75 Å². The van der Waals surface area contributed by atoms with E-state index >= 15 is 0 Å². The van der Waals surface area contributed by atoms with Crippen LogP contribution in [-0.2, 0) is 6.54 Å². The molecule has 1 aliphatic heterocycles. The molecular weight excluding hydrogens is 268 g/mol. The minimum atomic E-state index is -1.09. The first-order chi connectivity index (χ1) is 9.97. The lowest BCUT2D eigenvalue weighted by atomic mass is 10.1. The highest BCUT2D eigenvalue weighted by atomic mass is 16.4. The zero-order valence-electron chi connectivity index (χ0n) is 12.7. The smallest absolute Gasteiger partial charge is 0.339 e. The van der Waals surface area contributed by atoms with E-state index in [-0.39, 0.29) is 11.3 Å². The third kappa shape index (κ3) is 4.19. The van der Waals surface area contributed by atoms with Gasteiger partial charge in [-0.1, -0.05) is 6.07 Å². The summed E-state index contributed by atoms with van der Waals surface area (Å²) in [6, 6.07) is 5.48. The lowest BCUT2D eigenvalue weighted by Gasteiger charge is -2.23. The highest BCUT2D eigenvalue weighted by Gasteiger charge is 2.19. The Bertz CT molecular complexity index is 502. The maximum Gasteiger partial charge on any atom is 0.339 e. The number of carbonyl (C=O) groups is 1. The average Bonchev–Trinajstić information content (AvgIpc) is 2.66. The zero-order valence-corrected chi connectivity index (χ0v) is 12.7. The van der Waals surface area contributed by atoms with E-state index in [0.29, 0.717) is 6.04 Å². The number of phenols is 1. The zero-order chi connectivity index (χ0) is 15.4. The Labute approximate surface area is 125 Å². The van der Waals surface area contributed by atoms with Crippen LogP contribution >= 0.6 is 0 Å². The van der Waals surface area contributed by atoms with Gasteiger partial charge in [-0.3, -0.25) is 4.90 Å². The fourth-order valence-electron chi connectivity index (χ4n) is 2.92. The van der Waals surface area contributed by atoms with Crippen molar-refractivity contribution in [3.8, 4) is 5.75 Å². The minimum Gasteiger partial charge on any atom is -0.507 e. The highest BCUT2D eigenvalue weighted by Crippen LogP contribution is 2.21. The van der Waals surface area contributed by atoms with E-state index in [9.17, 15) is 9.90 Å². The van der Waals surface area contributed by atoms with Crippen molar-refractivity contribution >= 4 is 5.97 Å². The van der Waals surface area contributed by atoms with Gasteiger partial charge in [-0.05, 0) is 64.1 Å². The maximum absolute atomic E-state index is 11.1. The molecule has 1 aromatic carbocycles. The molecule has 1 unspecified atom stereocenters. The molecule has 0 amide bonds. The largest absolute Gasteiger partial charge is 0.507 e. The first-order valence-electron chi connectivity index (χ1n) is 7.41. The van der Waals surface area contributed by atoms with E-state index in [1.807, 2.05) is 0 Å². The number of aromatic carboxylic acids is 1. The summed E-state index contributed by atoms with van der Waals surface area (Å²) in [6.45, 7) is 2.79. The Kier molecular flexibility index (Phi) is 5.20. The Morgan fingerprint density at radius 1 is 1.33 bits per heavy atom. The summed E-state index contributed by atoms with van der Waals surface area (Å²) < 4.78 is 0. The SMILES string of the molecule is CN(C)C1CCCN(Cc2ccc(O)c(C(=O)O)c2)CC1. The van der Waals surface area contributed by atoms with Gasteiger partial charge >= 0.3 is 5.97 Å². The summed E-state index contributed by atoms with van der Waals surface area (Å²) >= 11 is 0. The number of likely N-dealkylation sites (tertiary alicyclic amines) is 1. The summed E-state index contributed by atoms with van der Waals surface area (Å²) in [5, 5.41) is 18.6.